The summed E-state index contributed by atoms with van der Waals surface area (Å²) in [5.74, 6) is -0.554. The number of thioether (sulfide) groups is 1. The smallest absolute Gasteiger partial charge is 0.266 e. The Labute approximate surface area is 144 Å². The summed E-state index contributed by atoms with van der Waals surface area (Å²) in [4.78, 5) is 31.1. The van der Waals surface area contributed by atoms with Crippen LogP contribution in [-0.4, -0.2) is 32.6 Å². The Balaban J connectivity index is 1.68. The molecule has 1 aliphatic heterocycles. The number of nitrogens with one attached hydrogen (secondary N) is 1. The minimum Gasteiger partial charge on any atom is -0.300 e. The summed E-state index contributed by atoms with van der Waals surface area (Å²) in [6.07, 6.45) is 3.40. The van der Waals surface area contributed by atoms with Crippen LogP contribution in [0.3, 0.4) is 0 Å². The predicted molar refractivity (Wildman–Crippen MR) is 94.9 cm³/mol. The van der Waals surface area contributed by atoms with Crippen LogP contribution >= 0.6 is 46.7 Å². The van der Waals surface area contributed by atoms with Crippen LogP contribution in [0.25, 0.3) is 6.08 Å². The highest BCUT2D eigenvalue weighted by Gasteiger charge is 2.33. The average Bonchev–Trinajstić information content (AvgIpc) is 3.20. The normalized spacial score (nSPS) is 16.5. The van der Waals surface area contributed by atoms with Gasteiger partial charge < -0.3 is 5.32 Å². The van der Waals surface area contributed by atoms with E-state index in [-0.39, 0.29) is 18.4 Å². The molecule has 0 saturated carbocycles. The Hall–Kier alpha value is -1.55. The second kappa shape index (κ2) is 6.69. The molecule has 2 aromatic heterocycles. The van der Waals surface area contributed by atoms with Crippen molar-refractivity contribution in [1.82, 2.24) is 9.88 Å². The molecule has 112 valence electrons. The molecule has 0 unspecified atom stereocenters. The first-order chi connectivity index (χ1) is 10.6. The number of hydrogen-bond donors (Lipinski definition) is 1. The van der Waals surface area contributed by atoms with E-state index in [2.05, 4.69) is 10.3 Å². The van der Waals surface area contributed by atoms with Gasteiger partial charge in [-0.3, -0.25) is 14.5 Å². The number of carbonyl (C=O) groups excluding carboxylic acids is 2. The zero-order valence-corrected chi connectivity index (χ0v) is 14.3. The van der Waals surface area contributed by atoms with Crippen molar-refractivity contribution in [3.63, 3.8) is 0 Å². The molecule has 0 spiro atoms. The topological polar surface area (TPSA) is 62.3 Å². The third-order valence-corrected chi connectivity index (χ3v) is 5.56. The van der Waals surface area contributed by atoms with E-state index in [4.69, 9.17) is 12.2 Å². The highest BCUT2D eigenvalue weighted by Crippen LogP contribution is 2.33. The van der Waals surface area contributed by atoms with Gasteiger partial charge in [-0.15, -0.1) is 22.7 Å². The van der Waals surface area contributed by atoms with Crippen LogP contribution in [0.4, 0.5) is 5.13 Å². The number of hydrogen-bond acceptors (Lipinski definition) is 7. The summed E-state index contributed by atoms with van der Waals surface area (Å²) in [5, 5.41) is 6.84. The lowest BCUT2D eigenvalue weighted by Gasteiger charge is -2.13. The highest BCUT2D eigenvalue weighted by molar-refractivity contribution is 8.26. The van der Waals surface area contributed by atoms with Crippen LogP contribution in [-0.2, 0) is 9.59 Å². The molecule has 9 heteroatoms. The SMILES string of the molecule is O=C(CN1C(=O)C(=Cc2cccs2)SC1=S)Nc1nccs1. The van der Waals surface area contributed by atoms with Gasteiger partial charge in [0.15, 0.2) is 5.13 Å². The number of anilines is 1. The largest absolute Gasteiger partial charge is 0.300 e. The monoisotopic (exact) mass is 367 g/mol. The molecule has 3 heterocycles. The quantitative estimate of drug-likeness (QED) is 0.665. The van der Waals surface area contributed by atoms with Crippen LogP contribution < -0.4 is 5.32 Å². The molecule has 3 rings (SSSR count). The number of aromatic nitrogens is 1. The first kappa shape index (κ1) is 15.3. The molecule has 5 nitrogen and oxygen atoms in total. The van der Waals surface area contributed by atoms with Crippen LogP contribution in [0.2, 0.25) is 0 Å². The Morgan fingerprint density at radius 2 is 2.27 bits per heavy atom. The van der Waals surface area contributed by atoms with Gasteiger partial charge in [-0.1, -0.05) is 30.0 Å². The lowest BCUT2D eigenvalue weighted by atomic mass is 10.3. The Kier molecular flexibility index (Phi) is 4.67. The van der Waals surface area contributed by atoms with Crippen molar-refractivity contribution in [3.8, 4) is 0 Å². The number of thiophene rings is 1. The Morgan fingerprint density at radius 3 is 2.95 bits per heavy atom. The lowest BCUT2D eigenvalue weighted by molar-refractivity contribution is -0.126. The van der Waals surface area contributed by atoms with Gasteiger partial charge in [-0.25, -0.2) is 4.98 Å². The van der Waals surface area contributed by atoms with Gasteiger partial charge >= 0.3 is 0 Å². The minimum absolute atomic E-state index is 0.105. The molecule has 0 aromatic carbocycles. The van der Waals surface area contributed by atoms with Gasteiger partial charge in [0.2, 0.25) is 5.91 Å². The highest BCUT2D eigenvalue weighted by atomic mass is 32.2. The molecule has 2 aromatic rings. The summed E-state index contributed by atoms with van der Waals surface area (Å²) in [6, 6.07) is 3.84. The molecule has 1 saturated heterocycles. The van der Waals surface area contributed by atoms with Gasteiger partial charge in [0.25, 0.3) is 5.91 Å². The minimum atomic E-state index is -0.316. The zero-order valence-electron chi connectivity index (χ0n) is 11.0. The van der Waals surface area contributed by atoms with E-state index in [1.54, 1.807) is 29.0 Å². The fourth-order valence-corrected chi connectivity index (χ4v) is 4.25. The fraction of sp³-hybridized carbons (Fsp3) is 0.0769. The summed E-state index contributed by atoms with van der Waals surface area (Å²) in [5.41, 5.74) is 0. The maximum absolute atomic E-state index is 12.3. The summed E-state index contributed by atoms with van der Waals surface area (Å²) in [7, 11) is 0. The molecule has 0 aliphatic carbocycles. The van der Waals surface area contributed by atoms with Crippen LogP contribution in [0.15, 0.2) is 34.0 Å². The maximum atomic E-state index is 12.3. The van der Waals surface area contributed by atoms with Gasteiger partial charge in [-0.05, 0) is 17.5 Å². The molecule has 1 N–H and O–H groups in total. The number of carbonyl (C=O) groups is 2. The third-order valence-electron chi connectivity index (χ3n) is 2.67. The number of rotatable bonds is 4. The number of amides is 2. The first-order valence-corrected chi connectivity index (χ1v) is 9.10. The van der Waals surface area contributed by atoms with E-state index in [0.29, 0.717) is 14.4 Å². The summed E-state index contributed by atoms with van der Waals surface area (Å²) < 4.78 is 0.391. The number of thiazole rings is 1. The summed E-state index contributed by atoms with van der Waals surface area (Å²) in [6.45, 7) is -0.105. The molecule has 0 bridgehead atoms. The van der Waals surface area contributed by atoms with Crippen molar-refractivity contribution in [3.05, 3.63) is 38.9 Å². The maximum Gasteiger partial charge on any atom is 0.266 e. The van der Waals surface area contributed by atoms with E-state index >= 15 is 0 Å². The van der Waals surface area contributed by atoms with Gasteiger partial charge in [0.05, 0.1) is 4.91 Å². The van der Waals surface area contributed by atoms with E-state index in [1.165, 1.54) is 28.0 Å². The van der Waals surface area contributed by atoms with Crippen molar-refractivity contribution < 1.29 is 9.59 Å². The van der Waals surface area contributed by atoms with E-state index in [9.17, 15) is 9.59 Å². The van der Waals surface area contributed by atoms with Gasteiger partial charge in [0, 0.05) is 16.5 Å². The first-order valence-electron chi connectivity index (χ1n) is 6.12. The Morgan fingerprint density at radius 1 is 1.41 bits per heavy atom. The summed E-state index contributed by atoms with van der Waals surface area (Å²) >= 11 is 9.27. The second-order valence-electron chi connectivity index (χ2n) is 4.17. The standard InChI is InChI=1S/C13H9N3O2S4/c17-10(15-12-14-3-5-21-12)7-16-11(18)9(22-13(16)19)6-8-2-1-4-20-8/h1-6H,7H2,(H,14,15,17). The van der Waals surface area contributed by atoms with E-state index < -0.39 is 0 Å². The van der Waals surface area contributed by atoms with Gasteiger partial charge in [0.1, 0.15) is 10.9 Å². The van der Waals surface area contributed by atoms with Crippen molar-refractivity contribution >= 4 is 74.0 Å². The van der Waals surface area contributed by atoms with Crippen LogP contribution in [0, 0.1) is 0 Å². The second-order valence-corrected chi connectivity index (χ2v) is 7.72. The lowest BCUT2D eigenvalue weighted by Crippen LogP contribution is -2.36. The van der Waals surface area contributed by atoms with Crippen molar-refractivity contribution in [1.29, 1.82) is 0 Å². The molecule has 1 aliphatic rings. The van der Waals surface area contributed by atoms with Crippen molar-refractivity contribution in [2.24, 2.45) is 0 Å². The van der Waals surface area contributed by atoms with Gasteiger partial charge in [-0.2, -0.15) is 0 Å². The molecular formula is C13H9N3O2S4. The number of thiocarbonyl (C=S) groups is 1. The molecular weight excluding hydrogens is 358 g/mol. The molecule has 0 atom stereocenters. The number of nitrogens with zero attached hydrogens (tertiary/aromatic N) is 2. The van der Waals surface area contributed by atoms with Crippen LogP contribution in [0.1, 0.15) is 4.88 Å². The fourth-order valence-electron chi connectivity index (χ4n) is 1.73. The van der Waals surface area contributed by atoms with E-state index in [0.717, 1.165) is 4.88 Å². The molecule has 0 radical (unpaired) electrons. The molecule has 22 heavy (non-hydrogen) atoms. The zero-order chi connectivity index (χ0) is 15.5. The van der Waals surface area contributed by atoms with Crippen LogP contribution in [0.5, 0.6) is 0 Å². The molecule has 1 fully saturated rings. The predicted octanol–water partition coefficient (Wildman–Crippen LogP) is 3.04. The van der Waals surface area contributed by atoms with E-state index in [1.807, 2.05) is 17.5 Å². The Bertz CT molecular complexity index is 737. The van der Waals surface area contributed by atoms with Crippen molar-refractivity contribution in [2.75, 3.05) is 11.9 Å². The molecule has 2 amide bonds. The third kappa shape index (κ3) is 3.43. The van der Waals surface area contributed by atoms with Crippen molar-refractivity contribution in [2.45, 2.75) is 0 Å². The average molecular weight is 368 g/mol.